The molecule has 0 unspecified atom stereocenters. The zero-order valence-electron chi connectivity index (χ0n) is 11.7. The third-order valence-corrected chi connectivity index (χ3v) is 3.77. The Morgan fingerprint density at radius 2 is 2.20 bits per heavy atom. The van der Waals surface area contributed by atoms with Crippen LogP contribution in [-0.2, 0) is 9.53 Å². The smallest absolute Gasteiger partial charge is 0.325 e. The second-order valence-corrected chi connectivity index (χ2v) is 5.03. The number of amides is 1. The summed E-state index contributed by atoms with van der Waals surface area (Å²) in [7, 11) is 1.29. The van der Waals surface area contributed by atoms with Crippen LogP contribution in [0.15, 0.2) is 6.07 Å². The van der Waals surface area contributed by atoms with Crippen LogP contribution in [0.25, 0.3) is 0 Å². The van der Waals surface area contributed by atoms with Gasteiger partial charge in [-0.2, -0.15) is 0 Å². The van der Waals surface area contributed by atoms with Gasteiger partial charge in [0.05, 0.1) is 16.9 Å². The van der Waals surface area contributed by atoms with Crippen LogP contribution < -0.4 is 0 Å². The molecule has 1 aromatic rings. The Morgan fingerprint density at radius 3 is 2.75 bits per heavy atom. The molecule has 1 amide bonds. The van der Waals surface area contributed by atoms with Crippen molar-refractivity contribution < 1.29 is 19.4 Å². The van der Waals surface area contributed by atoms with E-state index in [1.54, 1.807) is 13.0 Å². The Labute approximate surface area is 122 Å². The van der Waals surface area contributed by atoms with Crippen LogP contribution >= 0.6 is 11.3 Å². The van der Waals surface area contributed by atoms with Crippen molar-refractivity contribution in [2.45, 2.75) is 13.8 Å². The van der Waals surface area contributed by atoms with E-state index in [9.17, 15) is 9.59 Å². The lowest BCUT2D eigenvalue weighted by Crippen LogP contribution is -2.35. The summed E-state index contributed by atoms with van der Waals surface area (Å²) >= 11 is 1.26. The number of carbonyl (C=O) groups is 2. The predicted molar refractivity (Wildman–Crippen MR) is 76.6 cm³/mol. The highest BCUT2D eigenvalue weighted by atomic mass is 32.1. The number of esters is 1. The van der Waals surface area contributed by atoms with Crippen LogP contribution in [0.5, 0.6) is 0 Å². The molecular formula is C14H17NO4S. The first kappa shape index (κ1) is 16.2. The molecule has 0 bridgehead atoms. The van der Waals surface area contributed by atoms with E-state index in [1.807, 2.05) is 6.92 Å². The van der Waals surface area contributed by atoms with Gasteiger partial charge in [0.2, 0.25) is 0 Å². The Kier molecular flexibility index (Phi) is 6.22. The lowest BCUT2D eigenvalue weighted by molar-refractivity contribution is -0.141. The summed E-state index contributed by atoms with van der Waals surface area (Å²) in [5.41, 5.74) is 0.883. The number of ether oxygens (including phenoxy) is 1. The fourth-order valence-corrected chi connectivity index (χ4v) is 2.55. The number of likely N-dealkylation sites (N-methyl/N-ethyl adjacent to an activating group) is 1. The summed E-state index contributed by atoms with van der Waals surface area (Å²) in [6.07, 6.45) is 0. The Hall–Kier alpha value is -1.84. The first-order valence-corrected chi connectivity index (χ1v) is 6.91. The standard InChI is InChI=1S/C14H17NO4S/c1-4-15(9-13(17)19-3)14(18)12-8-10(2)11(20-12)6-5-7-16/h8,16H,4,7,9H2,1-3H3. The first-order chi connectivity index (χ1) is 9.53. The van der Waals surface area contributed by atoms with Crippen molar-refractivity contribution >= 4 is 23.2 Å². The quantitative estimate of drug-likeness (QED) is 0.665. The number of hydrogen-bond acceptors (Lipinski definition) is 5. The van der Waals surface area contributed by atoms with E-state index in [4.69, 9.17) is 5.11 Å². The van der Waals surface area contributed by atoms with E-state index in [2.05, 4.69) is 16.6 Å². The molecule has 0 aliphatic carbocycles. The first-order valence-electron chi connectivity index (χ1n) is 6.09. The molecule has 1 N–H and O–H groups in total. The molecule has 0 saturated heterocycles. The van der Waals surface area contributed by atoms with Crippen molar-refractivity contribution in [3.05, 3.63) is 21.4 Å². The third-order valence-electron chi connectivity index (χ3n) is 2.63. The molecule has 1 rings (SSSR count). The molecule has 0 saturated carbocycles. The monoisotopic (exact) mass is 295 g/mol. The largest absolute Gasteiger partial charge is 0.468 e. The number of rotatable bonds is 4. The van der Waals surface area contributed by atoms with E-state index in [1.165, 1.54) is 23.3 Å². The van der Waals surface area contributed by atoms with Gasteiger partial charge >= 0.3 is 5.97 Å². The van der Waals surface area contributed by atoms with Gasteiger partial charge in [-0.1, -0.05) is 11.8 Å². The van der Waals surface area contributed by atoms with Gasteiger partial charge in [-0.25, -0.2) is 0 Å². The minimum atomic E-state index is -0.450. The van der Waals surface area contributed by atoms with Gasteiger partial charge < -0.3 is 14.7 Å². The van der Waals surface area contributed by atoms with Crippen LogP contribution in [0, 0.1) is 18.8 Å². The molecule has 0 spiro atoms. The molecule has 5 nitrogen and oxygen atoms in total. The fraction of sp³-hybridized carbons (Fsp3) is 0.429. The highest BCUT2D eigenvalue weighted by Gasteiger charge is 2.20. The van der Waals surface area contributed by atoms with Crippen molar-refractivity contribution in [2.75, 3.05) is 26.8 Å². The molecule has 108 valence electrons. The summed E-state index contributed by atoms with van der Waals surface area (Å²) in [5.74, 6) is 4.69. The molecule has 6 heteroatoms. The number of carbonyl (C=O) groups excluding carboxylic acids is 2. The normalized spacial score (nSPS) is 9.60. The minimum absolute atomic E-state index is 0.0690. The average Bonchev–Trinajstić information content (AvgIpc) is 2.82. The summed E-state index contributed by atoms with van der Waals surface area (Å²) in [6.45, 7) is 3.78. The van der Waals surface area contributed by atoms with Crippen molar-refractivity contribution in [1.29, 1.82) is 0 Å². The topological polar surface area (TPSA) is 66.8 Å². The van der Waals surface area contributed by atoms with E-state index >= 15 is 0 Å². The van der Waals surface area contributed by atoms with Gasteiger partial charge in [0.1, 0.15) is 13.2 Å². The predicted octanol–water partition coefficient (Wildman–Crippen LogP) is 1.04. The van der Waals surface area contributed by atoms with Crippen LogP contribution in [0.1, 0.15) is 27.0 Å². The highest BCUT2D eigenvalue weighted by molar-refractivity contribution is 7.14. The fourth-order valence-electron chi connectivity index (χ4n) is 1.53. The lowest BCUT2D eigenvalue weighted by atomic mass is 10.2. The molecular weight excluding hydrogens is 278 g/mol. The van der Waals surface area contributed by atoms with Gasteiger partial charge in [0.15, 0.2) is 0 Å². The van der Waals surface area contributed by atoms with Crippen molar-refractivity contribution in [2.24, 2.45) is 0 Å². The van der Waals surface area contributed by atoms with E-state index < -0.39 is 5.97 Å². The number of methoxy groups -OCH3 is 1. The molecule has 0 fully saturated rings. The molecule has 0 aliphatic heterocycles. The van der Waals surface area contributed by atoms with Gasteiger partial charge in [-0.3, -0.25) is 9.59 Å². The van der Waals surface area contributed by atoms with E-state index in [-0.39, 0.29) is 19.1 Å². The second-order valence-electron chi connectivity index (χ2n) is 3.98. The molecule has 0 aromatic carbocycles. The maximum atomic E-state index is 12.3. The number of nitrogens with zero attached hydrogens (tertiary/aromatic N) is 1. The molecule has 20 heavy (non-hydrogen) atoms. The maximum absolute atomic E-state index is 12.3. The van der Waals surface area contributed by atoms with Gasteiger partial charge in [-0.15, -0.1) is 11.3 Å². The van der Waals surface area contributed by atoms with E-state index in [0.29, 0.717) is 11.4 Å². The Balaban J connectivity index is 2.93. The summed E-state index contributed by atoms with van der Waals surface area (Å²) in [6, 6.07) is 1.74. The summed E-state index contributed by atoms with van der Waals surface area (Å²) in [5, 5.41) is 8.69. The molecule has 0 aliphatic rings. The van der Waals surface area contributed by atoms with Crippen LogP contribution in [0.2, 0.25) is 0 Å². The number of aliphatic hydroxyl groups is 1. The van der Waals surface area contributed by atoms with Gasteiger partial charge in [0, 0.05) is 6.54 Å². The average molecular weight is 295 g/mol. The van der Waals surface area contributed by atoms with Crippen molar-refractivity contribution in [1.82, 2.24) is 4.90 Å². The zero-order chi connectivity index (χ0) is 15.1. The third kappa shape index (κ3) is 4.08. The molecule has 0 atom stereocenters. The summed E-state index contributed by atoms with van der Waals surface area (Å²) in [4.78, 5) is 26.3. The van der Waals surface area contributed by atoms with Crippen molar-refractivity contribution in [3.8, 4) is 11.8 Å². The van der Waals surface area contributed by atoms with Crippen LogP contribution in [0.3, 0.4) is 0 Å². The Bertz CT molecular complexity index is 553. The second kappa shape index (κ2) is 7.68. The summed E-state index contributed by atoms with van der Waals surface area (Å²) < 4.78 is 4.57. The minimum Gasteiger partial charge on any atom is -0.468 e. The lowest BCUT2D eigenvalue weighted by Gasteiger charge is -2.18. The van der Waals surface area contributed by atoms with Crippen LogP contribution in [-0.4, -0.2) is 48.7 Å². The molecule has 1 heterocycles. The van der Waals surface area contributed by atoms with Gasteiger partial charge in [0.25, 0.3) is 5.91 Å². The number of aryl methyl sites for hydroxylation is 1. The van der Waals surface area contributed by atoms with E-state index in [0.717, 1.165) is 10.4 Å². The SMILES string of the molecule is CCN(CC(=O)OC)C(=O)c1cc(C)c(C#CCO)s1. The number of hydrogen-bond donors (Lipinski definition) is 1. The van der Waals surface area contributed by atoms with Crippen molar-refractivity contribution in [3.63, 3.8) is 0 Å². The highest BCUT2D eigenvalue weighted by Crippen LogP contribution is 2.22. The zero-order valence-corrected chi connectivity index (χ0v) is 12.5. The maximum Gasteiger partial charge on any atom is 0.325 e. The molecule has 0 radical (unpaired) electrons. The Morgan fingerprint density at radius 1 is 1.50 bits per heavy atom. The van der Waals surface area contributed by atoms with Gasteiger partial charge in [-0.05, 0) is 25.5 Å². The number of thiophene rings is 1. The number of aliphatic hydroxyl groups excluding tert-OH is 1. The van der Waals surface area contributed by atoms with Crippen LogP contribution in [0.4, 0.5) is 0 Å². The molecule has 1 aromatic heterocycles.